The van der Waals surface area contributed by atoms with E-state index in [0.717, 1.165) is 17.0 Å². The molecular formula is C14H18N4O. The van der Waals surface area contributed by atoms with E-state index in [2.05, 4.69) is 15.4 Å². The summed E-state index contributed by atoms with van der Waals surface area (Å²) in [5.74, 6) is 0.0360. The average molecular weight is 258 g/mol. The number of aromatic nitrogens is 3. The fraction of sp³-hybridized carbons (Fsp3) is 0.357. The molecule has 100 valence electrons. The lowest BCUT2D eigenvalue weighted by atomic mass is 10.1. The highest BCUT2D eigenvalue weighted by Crippen LogP contribution is 2.08. The van der Waals surface area contributed by atoms with Gasteiger partial charge in [-0.15, -0.1) is 0 Å². The van der Waals surface area contributed by atoms with Gasteiger partial charge in [-0.3, -0.25) is 14.5 Å². The van der Waals surface area contributed by atoms with Gasteiger partial charge in [-0.2, -0.15) is 5.10 Å². The number of nitrogens with one attached hydrogen (secondary N) is 1. The van der Waals surface area contributed by atoms with Crippen LogP contribution in [0, 0.1) is 6.92 Å². The highest BCUT2D eigenvalue weighted by molar-refractivity contribution is 5.76. The molecule has 5 heteroatoms. The number of pyridine rings is 1. The van der Waals surface area contributed by atoms with E-state index in [1.54, 1.807) is 6.20 Å². The van der Waals surface area contributed by atoms with Crippen LogP contribution in [0.2, 0.25) is 0 Å². The van der Waals surface area contributed by atoms with Gasteiger partial charge in [0.2, 0.25) is 5.91 Å². The predicted molar refractivity (Wildman–Crippen MR) is 72.3 cm³/mol. The fourth-order valence-corrected chi connectivity index (χ4v) is 1.82. The smallest absolute Gasteiger partial charge is 0.220 e. The van der Waals surface area contributed by atoms with Gasteiger partial charge in [-0.1, -0.05) is 6.07 Å². The number of rotatable bonds is 5. The molecule has 0 saturated carbocycles. The van der Waals surface area contributed by atoms with E-state index < -0.39 is 0 Å². The summed E-state index contributed by atoms with van der Waals surface area (Å²) < 4.78 is 1.82. The van der Waals surface area contributed by atoms with Gasteiger partial charge in [0, 0.05) is 25.4 Å². The molecule has 2 rings (SSSR count). The van der Waals surface area contributed by atoms with Crippen molar-refractivity contribution in [1.82, 2.24) is 20.1 Å². The lowest BCUT2D eigenvalue weighted by Gasteiger charge is -2.04. The topological polar surface area (TPSA) is 59.8 Å². The van der Waals surface area contributed by atoms with Gasteiger partial charge >= 0.3 is 0 Å². The summed E-state index contributed by atoms with van der Waals surface area (Å²) in [6.45, 7) is 2.49. The highest BCUT2D eigenvalue weighted by Gasteiger charge is 2.07. The molecule has 0 unspecified atom stereocenters. The Morgan fingerprint density at radius 1 is 1.42 bits per heavy atom. The Bertz CT molecular complexity index is 548. The Kier molecular flexibility index (Phi) is 4.28. The molecule has 1 N–H and O–H groups in total. The minimum Gasteiger partial charge on any atom is -0.350 e. The van der Waals surface area contributed by atoms with Gasteiger partial charge in [-0.05, 0) is 31.0 Å². The Morgan fingerprint density at radius 3 is 2.89 bits per heavy atom. The summed E-state index contributed by atoms with van der Waals surface area (Å²) >= 11 is 0. The van der Waals surface area contributed by atoms with Gasteiger partial charge in [0.25, 0.3) is 0 Å². The second-order valence-corrected chi connectivity index (χ2v) is 4.48. The van der Waals surface area contributed by atoms with Gasteiger partial charge in [-0.25, -0.2) is 0 Å². The van der Waals surface area contributed by atoms with Crippen molar-refractivity contribution in [3.05, 3.63) is 47.5 Å². The minimum atomic E-state index is 0.0360. The summed E-state index contributed by atoms with van der Waals surface area (Å²) in [5.41, 5.74) is 3.10. The zero-order valence-electron chi connectivity index (χ0n) is 11.3. The average Bonchev–Trinajstić information content (AvgIpc) is 2.75. The van der Waals surface area contributed by atoms with Gasteiger partial charge in [0.1, 0.15) is 0 Å². The summed E-state index contributed by atoms with van der Waals surface area (Å²) in [4.78, 5) is 15.9. The van der Waals surface area contributed by atoms with Crippen LogP contribution in [-0.4, -0.2) is 20.7 Å². The second kappa shape index (κ2) is 6.13. The van der Waals surface area contributed by atoms with Crippen LogP contribution < -0.4 is 5.32 Å². The van der Waals surface area contributed by atoms with E-state index >= 15 is 0 Å². The zero-order valence-corrected chi connectivity index (χ0v) is 11.3. The van der Waals surface area contributed by atoms with Crippen molar-refractivity contribution in [2.45, 2.75) is 26.3 Å². The molecule has 19 heavy (non-hydrogen) atoms. The number of hydrogen-bond acceptors (Lipinski definition) is 3. The molecule has 0 fully saturated rings. The first-order valence-electron chi connectivity index (χ1n) is 6.31. The summed E-state index contributed by atoms with van der Waals surface area (Å²) in [7, 11) is 1.90. The van der Waals surface area contributed by atoms with Gasteiger partial charge in [0.05, 0.1) is 18.4 Å². The molecule has 2 aromatic rings. The van der Waals surface area contributed by atoms with Crippen LogP contribution >= 0.6 is 0 Å². The molecule has 0 radical (unpaired) electrons. The number of carbonyl (C=O) groups excluding carboxylic acids is 1. The molecule has 0 aromatic carbocycles. The maximum absolute atomic E-state index is 11.7. The maximum Gasteiger partial charge on any atom is 0.220 e. The largest absolute Gasteiger partial charge is 0.350 e. The SMILES string of the molecule is Cc1c(CCC(=O)NCc2ccccn2)cnn1C. The number of hydrogen-bond donors (Lipinski definition) is 1. The summed E-state index contributed by atoms with van der Waals surface area (Å²) in [5, 5.41) is 7.03. The van der Waals surface area contributed by atoms with Gasteiger partial charge < -0.3 is 5.32 Å². The minimum absolute atomic E-state index is 0.0360. The Balaban J connectivity index is 1.78. The lowest BCUT2D eigenvalue weighted by Crippen LogP contribution is -2.23. The molecule has 0 bridgehead atoms. The first-order chi connectivity index (χ1) is 9.16. The van der Waals surface area contributed by atoms with Crippen LogP contribution in [0.5, 0.6) is 0 Å². The number of amides is 1. The Morgan fingerprint density at radius 2 is 2.26 bits per heavy atom. The molecule has 1 amide bonds. The van der Waals surface area contributed by atoms with Crippen molar-refractivity contribution in [2.24, 2.45) is 7.05 Å². The number of aryl methyl sites for hydroxylation is 2. The van der Waals surface area contributed by atoms with E-state index in [1.165, 1.54) is 0 Å². The summed E-state index contributed by atoms with van der Waals surface area (Å²) in [6.07, 6.45) is 4.73. The Labute approximate surface area is 112 Å². The van der Waals surface area contributed by atoms with Crippen molar-refractivity contribution >= 4 is 5.91 Å². The quantitative estimate of drug-likeness (QED) is 0.881. The predicted octanol–water partition coefficient (Wildman–Crippen LogP) is 1.37. The standard InChI is InChI=1S/C14H18N4O/c1-11-12(9-17-18(11)2)6-7-14(19)16-10-13-5-3-4-8-15-13/h3-5,8-9H,6-7,10H2,1-2H3,(H,16,19). The summed E-state index contributed by atoms with van der Waals surface area (Å²) in [6, 6.07) is 5.66. The van der Waals surface area contributed by atoms with Crippen molar-refractivity contribution in [1.29, 1.82) is 0 Å². The molecule has 0 aliphatic carbocycles. The molecule has 2 aromatic heterocycles. The fourth-order valence-electron chi connectivity index (χ4n) is 1.82. The molecule has 0 aliphatic rings. The lowest BCUT2D eigenvalue weighted by molar-refractivity contribution is -0.121. The van der Waals surface area contributed by atoms with Crippen molar-refractivity contribution in [2.75, 3.05) is 0 Å². The zero-order chi connectivity index (χ0) is 13.7. The van der Waals surface area contributed by atoms with E-state index in [0.29, 0.717) is 19.4 Å². The Hall–Kier alpha value is -2.17. The molecule has 2 heterocycles. The molecule has 0 spiro atoms. The van der Waals surface area contributed by atoms with Crippen molar-refractivity contribution < 1.29 is 4.79 Å². The molecular weight excluding hydrogens is 240 g/mol. The van der Waals surface area contributed by atoms with Crippen LogP contribution in [0.3, 0.4) is 0 Å². The number of carbonyl (C=O) groups is 1. The van der Waals surface area contributed by atoms with E-state index in [1.807, 2.05) is 43.0 Å². The third-order valence-electron chi connectivity index (χ3n) is 3.15. The first kappa shape index (κ1) is 13.3. The van der Waals surface area contributed by atoms with Crippen LogP contribution in [0.4, 0.5) is 0 Å². The van der Waals surface area contributed by atoms with Crippen molar-refractivity contribution in [3.63, 3.8) is 0 Å². The third kappa shape index (κ3) is 3.64. The van der Waals surface area contributed by atoms with Gasteiger partial charge in [0.15, 0.2) is 0 Å². The number of nitrogens with zero attached hydrogens (tertiary/aromatic N) is 3. The molecule has 5 nitrogen and oxygen atoms in total. The maximum atomic E-state index is 11.7. The monoisotopic (exact) mass is 258 g/mol. The van der Waals surface area contributed by atoms with E-state index in [4.69, 9.17) is 0 Å². The van der Waals surface area contributed by atoms with Crippen LogP contribution in [0.15, 0.2) is 30.6 Å². The molecule has 0 atom stereocenters. The first-order valence-corrected chi connectivity index (χ1v) is 6.31. The molecule has 0 saturated heterocycles. The molecule has 0 aliphatic heterocycles. The highest BCUT2D eigenvalue weighted by atomic mass is 16.1. The van der Waals surface area contributed by atoms with Crippen molar-refractivity contribution in [3.8, 4) is 0 Å². The van der Waals surface area contributed by atoms with Crippen LogP contribution in [0.25, 0.3) is 0 Å². The third-order valence-corrected chi connectivity index (χ3v) is 3.15. The van der Waals surface area contributed by atoms with E-state index in [9.17, 15) is 4.79 Å². The second-order valence-electron chi connectivity index (χ2n) is 4.48. The van der Waals surface area contributed by atoms with E-state index in [-0.39, 0.29) is 5.91 Å². The van der Waals surface area contributed by atoms with Crippen LogP contribution in [-0.2, 0) is 24.8 Å². The normalized spacial score (nSPS) is 10.4. The van der Waals surface area contributed by atoms with Crippen LogP contribution in [0.1, 0.15) is 23.4 Å².